The van der Waals surface area contributed by atoms with E-state index >= 15 is 0 Å². The van der Waals surface area contributed by atoms with Gasteiger partial charge >= 0.3 is 12.2 Å². The van der Waals surface area contributed by atoms with Crippen LogP contribution in [0.15, 0.2) is 8.68 Å². The van der Waals surface area contributed by atoms with Crippen LogP contribution in [0, 0.1) is 0 Å². The molecule has 0 radical (unpaired) electrons. The molecule has 2 amide bonds. The lowest BCUT2D eigenvalue weighted by Gasteiger charge is -1.99. The number of anilines is 2. The van der Waals surface area contributed by atoms with Crippen molar-refractivity contribution in [3.8, 4) is 0 Å². The maximum absolute atomic E-state index is 11.3. The molecular weight excluding hydrogens is 396 g/mol. The van der Waals surface area contributed by atoms with Crippen molar-refractivity contribution in [3.63, 3.8) is 0 Å². The summed E-state index contributed by atoms with van der Waals surface area (Å²) in [7, 11) is 2.62. The summed E-state index contributed by atoms with van der Waals surface area (Å²) in [6.45, 7) is 3.98. The molecule has 0 aliphatic carbocycles. The topological polar surface area (TPSA) is 128 Å². The first-order valence-corrected chi connectivity index (χ1v) is 10.3. The number of hydrogen-bond donors (Lipinski definition) is 2. The molecule has 0 saturated carbocycles. The number of ether oxygens (including phenoxy) is 2. The minimum absolute atomic E-state index is 0.279. The van der Waals surface area contributed by atoms with Crippen molar-refractivity contribution in [2.24, 2.45) is 0 Å². The zero-order valence-corrected chi connectivity index (χ0v) is 15.7. The summed E-state index contributed by atoms with van der Waals surface area (Å²) in [4.78, 5) is 22.5. The molecule has 0 aromatic carbocycles. The molecule has 130 valence electrons. The number of nitrogens with one attached hydrogen (secondary N) is 2. The Labute approximate surface area is 152 Å². The molecule has 0 aliphatic heterocycles. The molecule has 0 saturated heterocycles. The predicted molar refractivity (Wildman–Crippen MR) is 92.8 cm³/mol. The fourth-order valence-corrected chi connectivity index (χ4v) is 4.98. The van der Waals surface area contributed by atoms with Gasteiger partial charge in [0.05, 0.1) is 13.2 Å². The van der Waals surface area contributed by atoms with Gasteiger partial charge in [-0.3, -0.25) is 10.6 Å². The minimum atomic E-state index is -0.573. The van der Waals surface area contributed by atoms with Crippen LogP contribution in [-0.2, 0) is 9.47 Å². The Hall–Kier alpha value is -1.64. The molecule has 10 nitrogen and oxygen atoms in total. The van der Waals surface area contributed by atoms with E-state index in [1.165, 1.54) is 44.3 Å². The molecule has 2 aromatic rings. The summed E-state index contributed by atoms with van der Waals surface area (Å²) >= 11 is 2.41. The first kappa shape index (κ1) is 18.7. The lowest BCUT2D eigenvalue weighted by molar-refractivity contribution is 0.167. The first-order valence-electron chi connectivity index (χ1n) is 6.49. The van der Waals surface area contributed by atoms with E-state index in [4.69, 9.17) is 9.47 Å². The van der Waals surface area contributed by atoms with Crippen LogP contribution >= 0.6 is 44.3 Å². The third-order valence-electron chi connectivity index (χ3n) is 1.97. The fourth-order valence-electron chi connectivity index (χ4n) is 1.17. The van der Waals surface area contributed by atoms with Crippen LogP contribution in [0.3, 0.4) is 0 Å². The highest BCUT2D eigenvalue weighted by molar-refractivity contribution is 8.77. The number of amides is 2. The SMILES string of the molecule is CCOC(=O)Nc1nnc(SSc2nnc(NC(=O)OCC)s2)s1. The maximum atomic E-state index is 11.3. The lowest BCUT2D eigenvalue weighted by atomic mass is 10.9. The van der Waals surface area contributed by atoms with Crippen molar-refractivity contribution < 1.29 is 19.1 Å². The van der Waals surface area contributed by atoms with Crippen molar-refractivity contribution in [2.45, 2.75) is 22.5 Å². The van der Waals surface area contributed by atoms with Gasteiger partial charge in [-0.25, -0.2) is 9.59 Å². The molecule has 0 bridgehead atoms. The van der Waals surface area contributed by atoms with Crippen LogP contribution in [0.5, 0.6) is 0 Å². The molecule has 2 aromatic heterocycles. The summed E-state index contributed by atoms with van der Waals surface area (Å²) < 4.78 is 10.8. The molecule has 24 heavy (non-hydrogen) atoms. The quantitative estimate of drug-likeness (QED) is 0.520. The number of nitrogens with zero attached hydrogens (tertiary/aromatic N) is 4. The van der Waals surface area contributed by atoms with Gasteiger partial charge in [0.2, 0.25) is 10.3 Å². The molecule has 14 heteroatoms. The molecule has 2 N–H and O–H groups in total. The van der Waals surface area contributed by atoms with Crippen LogP contribution in [0.2, 0.25) is 0 Å². The standard InChI is InChI=1S/C10H12N6O4S4/c1-3-19-7(17)11-5-13-15-9(21-5)23-24-10-16-14-6(22-10)12-8(18)20-4-2/h3-4H2,1-2H3,(H,11,13,17)(H,12,14,18). The van der Waals surface area contributed by atoms with Crippen molar-refractivity contribution in [2.75, 3.05) is 23.8 Å². The Bertz CT molecular complexity index is 634. The highest BCUT2D eigenvalue weighted by Gasteiger charge is 2.12. The Morgan fingerprint density at radius 2 is 1.29 bits per heavy atom. The van der Waals surface area contributed by atoms with Gasteiger partial charge in [0, 0.05) is 0 Å². The van der Waals surface area contributed by atoms with Crippen LogP contribution in [0.25, 0.3) is 0 Å². The third kappa shape index (κ3) is 6.10. The zero-order chi connectivity index (χ0) is 17.4. The van der Waals surface area contributed by atoms with Gasteiger partial charge in [0.25, 0.3) is 0 Å². The van der Waals surface area contributed by atoms with E-state index in [1.54, 1.807) is 13.8 Å². The number of aromatic nitrogens is 4. The van der Waals surface area contributed by atoms with Gasteiger partial charge < -0.3 is 9.47 Å². The van der Waals surface area contributed by atoms with E-state index < -0.39 is 12.2 Å². The molecule has 0 spiro atoms. The van der Waals surface area contributed by atoms with Crippen molar-refractivity contribution in [3.05, 3.63) is 0 Å². The number of carbonyl (C=O) groups is 2. The van der Waals surface area contributed by atoms with Crippen molar-refractivity contribution >= 4 is 66.7 Å². The van der Waals surface area contributed by atoms with Crippen molar-refractivity contribution in [1.82, 2.24) is 20.4 Å². The number of hydrogen-bond acceptors (Lipinski definition) is 12. The second kappa shape index (κ2) is 9.61. The Morgan fingerprint density at radius 3 is 1.67 bits per heavy atom. The molecule has 0 unspecified atom stereocenters. The van der Waals surface area contributed by atoms with Gasteiger partial charge in [-0.2, -0.15) is 0 Å². The normalized spacial score (nSPS) is 10.2. The summed E-state index contributed by atoms with van der Waals surface area (Å²) in [5, 5.41) is 21.2. The predicted octanol–water partition coefficient (Wildman–Crippen LogP) is 3.33. The Morgan fingerprint density at radius 1 is 0.875 bits per heavy atom. The van der Waals surface area contributed by atoms with Crippen LogP contribution in [-0.4, -0.2) is 45.8 Å². The van der Waals surface area contributed by atoms with E-state index in [0.29, 0.717) is 18.9 Å². The van der Waals surface area contributed by atoms with Gasteiger partial charge in [0.15, 0.2) is 8.68 Å². The average molecular weight is 409 g/mol. The van der Waals surface area contributed by atoms with Gasteiger partial charge in [0.1, 0.15) is 0 Å². The molecule has 0 atom stereocenters. The fraction of sp³-hybridized carbons (Fsp3) is 0.400. The molecule has 0 aliphatic rings. The van der Waals surface area contributed by atoms with Crippen molar-refractivity contribution in [1.29, 1.82) is 0 Å². The van der Waals surface area contributed by atoms with E-state index in [9.17, 15) is 9.59 Å². The zero-order valence-electron chi connectivity index (χ0n) is 12.5. The second-order valence-electron chi connectivity index (χ2n) is 3.60. The second-order valence-corrected chi connectivity index (χ2v) is 8.18. The van der Waals surface area contributed by atoms with E-state index in [2.05, 4.69) is 31.0 Å². The average Bonchev–Trinajstić information content (AvgIpc) is 3.15. The minimum Gasteiger partial charge on any atom is -0.450 e. The largest absolute Gasteiger partial charge is 0.450 e. The lowest BCUT2D eigenvalue weighted by Crippen LogP contribution is -2.12. The summed E-state index contributed by atoms with van der Waals surface area (Å²) in [6.07, 6.45) is -1.15. The van der Waals surface area contributed by atoms with Crippen LogP contribution in [0.1, 0.15) is 13.8 Å². The molecule has 2 heterocycles. The summed E-state index contributed by atoms with van der Waals surface area (Å²) in [5.74, 6) is 0. The molecule has 2 rings (SSSR count). The Kier molecular flexibility index (Phi) is 7.48. The highest BCUT2D eigenvalue weighted by atomic mass is 33.1. The van der Waals surface area contributed by atoms with Gasteiger partial charge in [-0.05, 0) is 35.4 Å². The first-order chi connectivity index (χ1) is 11.6. The van der Waals surface area contributed by atoms with Gasteiger partial charge in [-0.15, -0.1) is 20.4 Å². The third-order valence-corrected chi connectivity index (χ3v) is 6.59. The summed E-state index contributed by atoms with van der Waals surface area (Å²) in [5.41, 5.74) is 0. The van der Waals surface area contributed by atoms with Crippen LogP contribution < -0.4 is 10.6 Å². The molecule has 0 fully saturated rings. The van der Waals surface area contributed by atoms with E-state index in [-0.39, 0.29) is 13.2 Å². The molecular formula is C10H12N6O4S4. The van der Waals surface area contributed by atoms with Gasteiger partial charge in [-0.1, -0.05) is 22.7 Å². The Balaban J connectivity index is 1.81. The smallest absolute Gasteiger partial charge is 0.413 e. The highest BCUT2D eigenvalue weighted by Crippen LogP contribution is 2.41. The summed E-state index contributed by atoms with van der Waals surface area (Å²) in [6, 6.07) is 0. The number of rotatable bonds is 7. The monoisotopic (exact) mass is 408 g/mol. The van der Waals surface area contributed by atoms with E-state index in [1.807, 2.05) is 0 Å². The van der Waals surface area contributed by atoms with Crippen LogP contribution in [0.4, 0.5) is 19.9 Å². The number of carbonyl (C=O) groups excluding carboxylic acids is 2. The van der Waals surface area contributed by atoms with E-state index in [0.717, 1.165) is 0 Å². The maximum Gasteiger partial charge on any atom is 0.413 e.